The van der Waals surface area contributed by atoms with E-state index in [0.717, 1.165) is 64.6 Å². The molecule has 2 heterocycles. The normalized spacial score (nSPS) is 16.7. The molecule has 152 valence electrons. The zero-order chi connectivity index (χ0) is 19.7. The average molecular weight is 384 g/mol. The van der Waals surface area contributed by atoms with Crippen LogP contribution < -0.4 is 10.6 Å². The number of nitrogens with zero attached hydrogens (tertiary/aromatic N) is 3. The van der Waals surface area contributed by atoms with E-state index in [-0.39, 0.29) is 5.41 Å². The maximum atomic E-state index is 5.67. The summed E-state index contributed by atoms with van der Waals surface area (Å²) in [4.78, 5) is 4.98. The van der Waals surface area contributed by atoms with Gasteiger partial charge in [0.15, 0.2) is 5.96 Å². The molecule has 0 saturated carbocycles. The minimum absolute atomic E-state index is 0.0566. The summed E-state index contributed by atoms with van der Waals surface area (Å²) < 4.78 is 7.63. The van der Waals surface area contributed by atoms with E-state index in [2.05, 4.69) is 53.8 Å². The second-order valence-electron chi connectivity index (χ2n) is 7.45. The van der Waals surface area contributed by atoms with Crippen molar-refractivity contribution in [2.24, 2.45) is 4.99 Å². The lowest BCUT2D eigenvalue weighted by Gasteiger charge is -2.37. The molecule has 28 heavy (non-hydrogen) atoms. The molecule has 1 aromatic carbocycles. The van der Waals surface area contributed by atoms with Gasteiger partial charge in [-0.05, 0) is 50.3 Å². The van der Waals surface area contributed by atoms with Crippen LogP contribution in [-0.4, -0.2) is 48.6 Å². The van der Waals surface area contributed by atoms with Crippen molar-refractivity contribution in [2.75, 3.05) is 32.8 Å². The van der Waals surface area contributed by atoms with E-state index in [1.807, 2.05) is 23.1 Å². The molecule has 1 aliphatic heterocycles. The third-order valence-electron chi connectivity index (χ3n) is 5.47. The summed E-state index contributed by atoms with van der Waals surface area (Å²) in [5.74, 6) is 0.891. The van der Waals surface area contributed by atoms with Crippen molar-refractivity contribution in [2.45, 2.75) is 45.1 Å². The van der Waals surface area contributed by atoms with Crippen LogP contribution in [0.15, 0.2) is 47.7 Å². The highest BCUT2D eigenvalue weighted by Crippen LogP contribution is 2.36. The van der Waals surface area contributed by atoms with E-state index in [4.69, 9.17) is 9.73 Å². The van der Waals surface area contributed by atoms with Crippen LogP contribution in [0.3, 0.4) is 0 Å². The van der Waals surface area contributed by atoms with Gasteiger partial charge in [0.2, 0.25) is 0 Å². The van der Waals surface area contributed by atoms with Gasteiger partial charge in [0, 0.05) is 50.7 Å². The van der Waals surface area contributed by atoms with E-state index < -0.39 is 0 Å². The summed E-state index contributed by atoms with van der Waals surface area (Å²) in [7, 11) is 0. The fourth-order valence-electron chi connectivity index (χ4n) is 3.90. The molecule has 6 nitrogen and oxygen atoms in total. The Morgan fingerprint density at radius 2 is 2.04 bits per heavy atom. The van der Waals surface area contributed by atoms with Gasteiger partial charge in [-0.2, -0.15) is 5.10 Å². The summed E-state index contributed by atoms with van der Waals surface area (Å²) in [6.45, 7) is 9.31. The number of benzene rings is 1. The molecule has 0 unspecified atom stereocenters. The molecule has 0 aliphatic carbocycles. The van der Waals surface area contributed by atoms with Crippen LogP contribution in [0.4, 0.5) is 0 Å². The number of hydrogen-bond acceptors (Lipinski definition) is 3. The standard InChI is InChI=1S/C22H33N5O/c1-3-23-21(24-12-6-14-27-15-7-13-26-27)25-18-22(10-16-28-17-11-22)20-9-5-4-8-19(20)2/h4-5,7-9,13,15H,3,6,10-12,14,16-18H2,1-2H3,(H2,23,24,25). The Labute approximate surface area is 168 Å². The molecule has 0 radical (unpaired) electrons. The lowest BCUT2D eigenvalue weighted by Crippen LogP contribution is -2.42. The van der Waals surface area contributed by atoms with E-state index in [1.54, 1.807) is 0 Å². The van der Waals surface area contributed by atoms with Gasteiger partial charge in [0.05, 0.1) is 6.54 Å². The molecule has 1 saturated heterocycles. The Bertz CT molecular complexity index is 735. The lowest BCUT2D eigenvalue weighted by atomic mass is 9.72. The van der Waals surface area contributed by atoms with Gasteiger partial charge in [-0.3, -0.25) is 9.67 Å². The Morgan fingerprint density at radius 1 is 1.21 bits per heavy atom. The Kier molecular flexibility index (Phi) is 7.48. The molecule has 1 fully saturated rings. The lowest BCUT2D eigenvalue weighted by molar-refractivity contribution is 0.0529. The highest BCUT2D eigenvalue weighted by molar-refractivity contribution is 5.79. The summed E-state index contributed by atoms with van der Waals surface area (Å²) >= 11 is 0. The third kappa shape index (κ3) is 5.35. The van der Waals surface area contributed by atoms with Gasteiger partial charge in [-0.1, -0.05) is 24.3 Å². The maximum Gasteiger partial charge on any atom is 0.191 e. The minimum Gasteiger partial charge on any atom is -0.381 e. The van der Waals surface area contributed by atoms with Crippen molar-refractivity contribution >= 4 is 5.96 Å². The highest BCUT2D eigenvalue weighted by Gasteiger charge is 2.35. The van der Waals surface area contributed by atoms with Gasteiger partial charge in [-0.15, -0.1) is 0 Å². The molecule has 1 aliphatic rings. The van der Waals surface area contributed by atoms with E-state index in [0.29, 0.717) is 0 Å². The molecule has 2 N–H and O–H groups in total. The Balaban J connectivity index is 1.65. The number of rotatable bonds is 8. The molecular formula is C22H33N5O. The Hall–Kier alpha value is -2.34. The molecule has 3 rings (SSSR count). The van der Waals surface area contributed by atoms with Crippen molar-refractivity contribution in [1.82, 2.24) is 20.4 Å². The van der Waals surface area contributed by atoms with Crippen LogP contribution >= 0.6 is 0 Å². The third-order valence-corrected chi connectivity index (χ3v) is 5.47. The predicted molar refractivity (Wildman–Crippen MR) is 114 cm³/mol. The van der Waals surface area contributed by atoms with Gasteiger partial charge < -0.3 is 15.4 Å². The fraction of sp³-hybridized carbons (Fsp3) is 0.545. The largest absolute Gasteiger partial charge is 0.381 e. The summed E-state index contributed by atoms with van der Waals surface area (Å²) in [5.41, 5.74) is 2.81. The van der Waals surface area contributed by atoms with Crippen LogP contribution in [0.25, 0.3) is 0 Å². The van der Waals surface area contributed by atoms with Crippen molar-refractivity contribution in [1.29, 1.82) is 0 Å². The fourth-order valence-corrected chi connectivity index (χ4v) is 3.90. The molecule has 2 aromatic rings. The van der Waals surface area contributed by atoms with Crippen LogP contribution in [-0.2, 0) is 16.7 Å². The second-order valence-corrected chi connectivity index (χ2v) is 7.45. The van der Waals surface area contributed by atoms with Crippen LogP contribution in [0.5, 0.6) is 0 Å². The molecule has 6 heteroatoms. The number of nitrogens with one attached hydrogen (secondary N) is 2. The van der Waals surface area contributed by atoms with Gasteiger partial charge in [-0.25, -0.2) is 0 Å². The Morgan fingerprint density at radius 3 is 2.75 bits per heavy atom. The van der Waals surface area contributed by atoms with Gasteiger partial charge in [0.1, 0.15) is 0 Å². The van der Waals surface area contributed by atoms with Crippen LogP contribution in [0.1, 0.15) is 37.3 Å². The smallest absolute Gasteiger partial charge is 0.191 e. The average Bonchev–Trinajstić information content (AvgIpc) is 3.24. The first-order valence-electron chi connectivity index (χ1n) is 10.4. The highest BCUT2D eigenvalue weighted by atomic mass is 16.5. The van der Waals surface area contributed by atoms with Crippen molar-refractivity contribution in [3.05, 3.63) is 53.9 Å². The molecule has 0 spiro atoms. The van der Waals surface area contributed by atoms with E-state index in [1.165, 1.54) is 11.1 Å². The summed E-state index contributed by atoms with van der Waals surface area (Å²) in [6.07, 6.45) is 6.84. The summed E-state index contributed by atoms with van der Waals surface area (Å²) in [6, 6.07) is 10.7. The summed E-state index contributed by atoms with van der Waals surface area (Å²) in [5, 5.41) is 11.1. The monoisotopic (exact) mass is 383 g/mol. The first kappa shape index (κ1) is 20.4. The number of hydrogen-bond donors (Lipinski definition) is 2. The second kappa shape index (κ2) is 10.3. The first-order valence-corrected chi connectivity index (χ1v) is 10.4. The molecule has 1 aromatic heterocycles. The van der Waals surface area contributed by atoms with Gasteiger partial charge in [0.25, 0.3) is 0 Å². The van der Waals surface area contributed by atoms with E-state index in [9.17, 15) is 0 Å². The quantitative estimate of drug-likeness (QED) is 0.418. The predicted octanol–water partition coefficient (Wildman–Crippen LogP) is 2.89. The van der Waals surface area contributed by atoms with Crippen LogP contribution in [0, 0.1) is 6.92 Å². The molecule has 0 amide bonds. The van der Waals surface area contributed by atoms with Crippen LogP contribution in [0.2, 0.25) is 0 Å². The zero-order valence-corrected chi connectivity index (χ0v) is 17.2. The van der Waals surface area contributed by atoms with Gasteiger partial charge >= 0.3 is 0 Å². The SMILES string of the molecule is CCNC(=NCC1(c2ccccc2C)CCOCC1)NCCCn1cccn1. The zero-order valence-electron chi connectivity index (χ0n) is 17.2. The van der Waals surface area contributed by atoms with Crippen molar-refractivity contribution < 1.29 is 4.74 Å². The maximum absolute atomic E-state index is 5.67. The van der Waals surface area contributed by atoms with Crippen molar-refractivity contribution in [3.8, 4) is 0 Å². The topological polar surface area (TPSA) is 63.5 Å². The minimum atomic E-state index is 0.0566. The first-order chi connectivity index (χ1) is 13.7. The number of aromatic nitrogens is 2. The number of ether oxygens (including phenoxy) is 1. The molecule has 0 bridgehead atoms. The molecule has 0 atom stereocenters. The number of guanidine groups is 1. The number of aliphatic imine (C=N–C) groups is 1. The molecular weight excluding hydrogens is 350 g/mol. The van der Waals surface area contributed by atoms with Crippen molar-refractivity contribution in [3.63, 3.8) is 0 Å². The van der Waals surface area contributed by atoms with E-state index >= 15 is 0 Å². The number of aryl methyl sites for hydroxylation is 2.